The number of hydrogen-bond acceptors (Lipinski definition) is 10. The van der Waals surface area contributed by atoms with Crippen LogP contribution in [0.15, 0.2) is 49.1 Å². The van der Waals surface area contributed by atoms with Gasteiger partial charge >= 0.3 is 16.4 Å². The highest BCUT2D eigenvalue weighted by atomic mass is 32.3. The minimum Gasteiger partial charge on any atom is -0.478 e. The Kier molecular flexibility index (Phi) is 12.3. The van der Waals surface area contributed by atoms with E-state index in [2.05, 4.69) is 25.1 Å². The zero-order chi connectivity index (χ0) is 23.9. The van der Waals surface area contributed by atoms with Crippen molar-refractivity contribution >= 4 is 28.2 Å². The first-order chi connectivity index (χ1) is 14.4. The Morgan fingerprint density at radius 3 is 1.94 bits per heavy atom. The molecule has 15 nitrogen and oxygen atoms in total. The Bertz CT molecular complexity index is 1020. The number of aromatic amines is 1. The van der Waals surface area contributed by atoms with Crippen LogP contribution >= 0.6 is 0 Å². The Morgan fingerprint density at radius 1 is 1.13 bits per heavy atom. The second-order valence-corrected chi connectivity index (χ2v) is 5.90. The SMILES string of the molecule is N=C(N)CN.Nc1n[nH]c(-c2cccnc2)n1.O=C(O)c1cccnc1.O=S(=O)(O)O. The molecule has 31 heavy (non-hydrogen) atoms. The maximum Gasteiger partial charge on any atom is 0.394 e. The molecule has 0 radical (unpaired) electrons. The summed E-state index contributed by atoms with van der Waals surface area (Å²) in [7, 11) is -4.67. The Hall–Kier alpha value is -3.99. The number of pyridine rings is 2. The zero-order valence-corrected chi connectivity index (χ0v) is 16.6. The number of H-pyrrole nitrogens is 1. The molecule has 0 unspecified atom stereocenters. The number of aromatic nitrogens is 5. The lowest BCUT2D eigenvalue weighted by molar-refractivity contribution is 0.0696. The first kappa shape index (κ1) is 27.0. The third kappa shape index (κ3) is 15.6. The van der Waals surface area contributed by atoms with E-state index in [-0.39, 0.29) is 23.9 Å². The molecule has 3 rings (SSSR count). The van der Waals surface area contributed by atoms with Crippen molar-refractivity contribution in [1.29, 1.82) is 5.41 Å². The summed E-state index contributed by atoms with van der Waals surface area (Å²) in [6.07, 6.45) is 6.23. The van der Waals surface area contributed by atoms with Crippen LogP contribution in [0.2, 0.25) is 0 Å². The van der Waals surface area contributed by atoms with E-state index in [0.29, 0.717) is 5.82 Å². The highest BCUT2D eigenvalue weighted by molar-refractivity contribution is 7.79. The topological polar surface area (TPSA) is 281 Å². The van der Waals surface area contributed by atoms with Crippen LogP contribution < -0.4 is 17.2 Å². The maximum atomic E-state index is 10.2. The van der Waals surface area contributed by atoms with Crippen molar-refractivity contribution < 1.29 is 27.4 Å². The van der Waals surface area contributed by atoms with E-state index >= 15 is 0 Å². The van der Waals surface area contributed by atoms with Crippen LogP contribution in [0.5, 0.6) is 0 Å². The number of hydrogen-bond donors (Lipinski definition) is 8. The molecule has 0 atom stereocenters. The molecule has 0 aromatic carbocycles. The fourth-order valence-electron chi connectivity index (χ4n) is 1.40. The quantitative estimate of drug-likeness (QED) is 0.140. The third-order valence-electron chi connectivity index (χ3n) is 2.57. The van der Waals surface area contributed by atoms with E-state index in [1.807, 2.05) is 12.1 Å². The van der Waals surface area contributed by atoms with E-state index in [1.54, 1.807) is 18.5 Å². The summed E-state index contributed by atoms with van der Waals surface area (Å²) >= 11 is 0. The summed E-state index contributed by atoms with van der Waals surface area (Å²) in [5.74, 6) is -0.0254. The number of carbonyl (C=O) groups is 1. The monoisotopic (exact) mass is 455 g/mol. The van der Waals surface area contributed by atoms with Crippen LogP contribution in [0.1, 0.15) is 10.4 Å². The standard InChI is InChI=1S/C7H7N5.C6H5NO2.C2H7N3.H2O4S/c8-7-10-6(11-12-7)5-2-1-3-9-4-5;8-6(9)5-2-1-3-7-4-5;3-1-2(4)5;1-5(2,3)4/h1-4H,(H3,8,10,11,12);1-4H,(H,8,9);1,3H2,(H3,4,5);(H2,1,2,3,4). The first-order valence-corrected chi connectivity index (χ1v) is 9.28. The summed E-state index contributed by atoms with van der Waals surface area (Å²) in [6.45, 7) is 0.167. The molecule has 168 valence electrons. The number of nitrogen functional groups attached to an aromatic ring is 1. The van der Waals surface area contributed by atoms with E-state index in [1.165, 1.54) is 18.5 Å². The van der Waals surface area contributed by atoms with Crippen LogP contribution in [0, 0.1) is 5.41 Å². The average Bonchev–Trinajstić information content (AvgIpc) is 3.15. The first-order valence-electron chi connectivity index (χ1n) is 7.88. The number of amidine groups is 1. The van der Waals surface area contributed by atoms with Gasteiger partial charge in [-0.3, -0.25) is 29.6 Å². The second kappa shape index (κ2) is 14.1. The fraction of sp³-hybridized carbons (Fsp3) is 0.0667. The van der Waals surface area contributed by atoms with Gasteiger partial charge in [0.1, 0.15) is 5.84 Å². The van der Waals surface area contributed by atoms with Gasteiger partial charge in [-0.2, -0.15) is 13.4 Å². The predicted octanol–water partition coefficient (Wildman–Crippen LogP) is -0.543. The van der Waals surface area contributed by atoms with Crippen molar-refractivity contribution in [3.05, 3.63) is 54.6 Å². The van der Waals surface area contributed by atoms with E-state index in [9.17, 15) is 4.79 Å². The highest BCUT2D eigenvalue weighted by Gasteiger charge is 2.01. The molecule has 0 bridgehead atoms. The Labute approximate surface area is 176 Å². The molecule has 0 saturated carbocycles. The van der Waals surface area contributed by atoms with Gasteiger partial charge in [-0.05, 0) is 24.3 Å². The van der Waals surface area contributed by atoms with Crippen LogP contribution in [-0.2, 0) is 10.4 Å². The summed E-state index contributed by atoms with van der Waals surface area (Å²) < 4.78 is 31.6. The molecule has 3 aromatic heterocycles. The smallest absolute Gasteiger partial charge is 0.394 e. The van der Waals surface area contributed by atoms with Gasteiger partial charge in [0, 0.05) is 30.4 Å². The van der Waals surface area contributed by atoms with Gasteiger partial charge in [-0.25, -0.2) is 4.79 Å². The predicted molar refractivity (Wildman–Crippen MR) is 110 cm³/mol. The lowest BCUT2D eigenvalue weighted by Crippen LogP contribution is -2.20. The molecule has 0 saturated heterocycles. The van der Waals surface area contributed by atoms with Gasteiger partial charge in [0.2, 0.25) is 5.95 Å². The maximum absolute atomic E-state index is 10.2. The molecule has 3 aromatic rings. The number of nitrogens with two attached hydrogens (primary N) is 3. The highest BCUT2D eigenvalue weighted by Crippen LogP contribution is 2.11. The molecule has 3 heterocycles. The van der Waals surface area contributed by atoms with Crippen molar-refractivity contribution in [3.8, 4) is 11.4 Å². The normalized spacial score (nSPS) is 9.52. The molecule has 0 spiro atoms. The van der Waals surface area contributed by atoms with Crippen LogP contribution in [0.4, 0.5) is 5.95 Å². The van der Waals surface area contributed by atoms with Gasteiger partial charge in [-0.15, -0.1) is 5.10 Å². The number of rotatable bonds is 3. The molecular weight excluding hydrogens is 434 g/mol. The lowest BCUT2D eigenvalue weighted by Gasteiger charge is -1.91. The average molecular weight is 455 g/mol. The summed E-state index contributed by atoms with van der Waals surface area (Å²) in [5, 5.41) is 21.1. The van der Waals surface area contributed by atoms with Crippen LogP contribution in [0.25, 0.3) is 11.4 Å². The van der Waals surface area contributed by atoms with Gasteiger partial charge in [0.15, 0.2) is 5.82 Å². The minimum atomic E-state index is -4.67. The largest absolute Gasteiger partial charge is 0.478 e. The summed E-state index contributed by atoms with van der Waals surface area (Å²) in [4.78, 5) is 21.7. The van der Waals surface area contributed by atoms with Gasteiger partial charge < -0.3 is 22.3 Å². The van der Waals surface area contributed by atoms with Crippen LogP contribution in [-0.4, -0.2) is 66.1 Å². The van der Waals surface area contributed by atoms with Crippen molar-refractivity contribution in [3.63, 3.8) is 0 Å². The minimum absolute atomic E-state index is 0.0324. The molecular formula is C15H21N9O6S. The molecule has 0 aliphatic carbocycles. The molecule has 0 fully saturated rings. The molecule has 0 aliphatic heterocycles. The Balaban J connectivity index is 0.000000420. The Morgan fingerprint density at radius 2 is 1.65 bits per heavy atom. The van der Waals surface area contributed by atoms with E-state index in [0.717, 1.165) is 5.56 Å². The van der Waals surface area contributed by atoms with E-state index < -0.39 is 16.4 Å². The van der Waals surface area contributed by atoms with Gasteiger partial charge in [-0.1, -0.05) is 0 Å². The molecule has 16 heteroatoms. The van der Waals surface area contributed by atoms with Gasteiger partial charge in [0.05, 0.1) is 12.1 Å². The molecule has 0 amide bonds. The second-order valence-electron chi connectivity index (χ2n) is 5.01. The van der Waals surface area contributed by atoms with Crippen molar-refractivity contribution in [2.45, 2.75) is 0 Å². The molecule has 0 aliphatic rings. The summed E-state index contributed by atoms with van der Waals surface area (Å²) in [5.41, 5.74) is 16.0. The van der Waals surface area contributed by atoms with Gasteiger partial charge in [0.25, 0.3) is 0 Å². The van der Waals surface area contributed by atoms with Crippen molar-refractivity contribution in [2.75, 3.05) is 12.3 Å². The lowest BCUT2D eigenvalue weighted by atomic mass is 10.3. The number of nitrogens with zero attached hydrogens (tertiary/aromatic N) is 4. The fourth-order valence-corrected chi connectivity index (χ4v) is 1.40. The van der Waals surface area contributed by atoms with Crippen LogP contribution in [0.3, 0.4) is 0 Å². The number of aromatic carboxylic acids is 1. The number of nitrogens with one attached hydrogen (secondary N) is 2. The van der Waals surface area contributed by atoms with Crippen molar-refractivity contribution in [2.24, 2.45) is 11.5 Å². The number of anilines is 1. The van der Waals surface area contributed by atoms with E-state index in [4.69, 9.17) is 45.2 Å². The summed E-state index contributed by atoms with van der Waals surface area (Å²) in [6, 6.07) is 6.79. The third-order valence-corrected chi connectivity index (χ3v) is 2.57. The zero-order valence-electron chi connectivity index (χ0n) is 15.8. The number of carboxylic acids is 1. The molecule has 11 N–H and O–H groups in total. The van der Waals surface area contributed by atoms with Crippen molar-refractivity contribution in [1.82, 2.24) is 25.1 Å². The number of carboxylic acid groups (broad SMARTS) is 1.